The van der Waals surface area contributed by atoms with E-state index >= 15 is 0 Å². The molecule has 0 rings (SSSR count). The first-order valence-electron chi connectivity index (χ1n) is 0. The summed E-state index contributed by atoms with van der Waals surface area (Å²) in [4.78, 5) is 0. The maximum atomic E-state index is 0. The van der Waals surface area contributed by atoms with Gasteiger partial charge in [-0.1, -0.05) is 0 Å². The van der Waals surface area contributed by atoms with Gasteiger partial charge >= 0.3 is 41.9 Å². The van der Waals surface area contributed by atoms with Crippen molar-refractivity contribution in [2.45, 2.75) is 0 Å². The summed E-state index contributed by atoms with van der Waals surface area (Å²) in [5, 5.41) is 0. The van der Waals surface area contributed by atoms with Crippen LogP contribution in [0.15, 0.2) is 0 Å². The standard InChI is InChI=1S/Al.Li.Mg.Ni.6H/q;+1;+2;;;;;3*-1. The van der Waals surface area contributed by atoms with E-state index in [1.54, 1.807) is 0 Å². The van der Waals surface area contributed by atoms with Gasteiger partial charge in [0.25, 0.3) is 0 Å². The Morgan fingerprint density at radius 2 is 1.25 bits per heavy atom. The average molecular weight is 123 g/mol. The normalized spacial score (nSPS) is 0. The van der Waals surface area contributed by atoms with E-state index in [1.807, 2.05) is 0 Å². The Balaban J connectivity index is 0. The van der Waals surface area contributed by atoms with Crippen LogP contribution in [-0.2, 0) is 16.5 Å². The fourth-order valence-corrected chi connectivity index (χ4v) is 0. The van der Waals surface area contributed by atoms with E-state index in [-0.39, 0.29) is 80.0 Å². The van der Waals surface area contributed by atoms with Crippen molar-refractivity contribution in [3.8, 4) is 0 Å². The molecular weight excluding hydrogens is 117 g/mol. The molecule has 0 saturated carbocycles. The second-order valence-corrected chi connectivity index (χ2v) is 0. The summed E-state index contributed by atoms with van der Waals surface area (Å²) in [7, 11) is 0. The molecule has 0 aliphatic rings. The molecule has 0 saturated heterocycles. The predicted octanol–water partition coefficient (Wildman–Crippen LogP) is -4.23. The monoisotopic (exact) mass is 122 g/mol. The molecule has 0 unspecified atom stereocenters. The summed E-state index contributed by atoms with van der Waals surface area (Å²) in [5.41, 5.74) is 0. The van der Waals surface area contributed by atoms with Crippen molar-refractivity contribution in [1.82, 2.24) is 0 Å². The van der Waals surface area contributed by atoms with E-state index in [1.165, 1.54) is 0 Å². The minimum absolute atomic E-state index is 0. The number of hydrogen-bond acceptors (Lipinski definition) is 0. The molecular formula is H6AlLiMgNi. The van der Waals surface area contributed by atoms with Crippen molar-refractivity contribution >= 4 is 40.4 Å². The van der Waals surface area contributed by atoms with E-state index in [0.717, 1.165) is 0 Å². The van der Waals surface area contributed by atoms with Gasteiger partial charge in [0.1, 0.15) is 0 Å². The molecule has 0 aromatic rings. The van der Waals surface area contributed by atoms with Gasteiger partial charge in [0.15, 0.2) is 17.4 Å². The largest absolute Gasteiger partial charge is 2.00 e. The molecule has 0 spiro atoms. The first kappa shape index (κ1) is 32.5. The minimum Gasteiger partial charge on any atom is -1.00 e. The van der Waals surface area contributed by atoms with Gasteiger partial charge < -0.3 is 4.28 Å². The van der Waals surface area contributed by atoms with Crippen LogP contribution in [0.2, 0.25) is 0 Å². The molecule has 4 heavy (non-hydrogen) atoms. The van der Waals surface area contributed by atoms with Gasteiger partial charge in [0, 0.05) is 16.5 Å². The maximum Gasteiger partial charge on any atom is 2.00 e. The topological polar surface area (TPSA) is 0 Å². The summed E-state index contributed by atoms with van der Waals surface area (Å²) in [5.74, 6) is 0. The molecule has 0 aliphatic carbocycles. The SMILES string of the molecule is [AlH3].[H-].[H-].[H-].[Li+].[Mg+2].[Ni]. The minimum atomic E-state index is 0. The van der Waals surface area contributed by atoms with Crippen LogP contribution in [-0.4, -0.2) is 40.4 Å². The fourth-order valence-electron chi connectivity index (χ4n) is 0. The molecule has 0 fully saturated rings. The van der Waals surface area contributed by atoms with Gasteiger partial charge in [0.05, 0.1) is 0 Å². The molecule has 0 bridgehead atoms. The molecule has 0 heterocycles. The van der Waals surface area contributed by atoms with Crippen LogP contribution in [0.25, 0.3) is 0 Å². The van der Waals surface area contributed by atoms with Gasteiger partial charge in [-0.3, -0.25) is 0 Å². The zero-order valence-electron chi connectivity index (χ0n) is 5.02. The van der Waals surface area contributed by atoms with Crippen LogP contribution < -0.4 is 18.9 Å². The van der Waals surface area contributed by atoms with E-state index in [9.17, 15) is 0 Å². The zero-order valence-corrected chi connectivity index (χ0v) is 4.43. The quantitative estimate of drug-likeness (QED) is 0.286. The third kappa shape index (κ3) is 8.83. The van der Waals surface area contributed by atoms with Crippen LogP contribution in [0.4, 0.5) is 0 Å². The Labute approximate surface area is 79.3 Å². The summed E-state index contributed by atoms with van der Waals surface area (Å²) >= 11 is 0. The second-order valence-electron chi connectivity index (χ2n) is 0. The Morgan fingerprint density at radius 1 is 1.25 bits per heavy atom. The molecule has 0 N–H and O–H groups in total. The van der Waals surface area contributed by atoms with E-state index in [2.05, 4.69) is 0 Å². The Hall–Kier alpha value is 2.39. The van der Waals surface area contributed by atoms with Crippen LogP contribution in [0, 0.1) is 0 Å². The van der Waals surface area contributed by atoms with E-state index < -0.39 is 0 Å². The van der Waals surface area contributed by atoms with Gasteiger partial charge in [-0.25, -0.2) is 0 Å². The molecule has 0 radical (unpaired) electrons. The van der Waals surface area contributed by atoms with Crippen molar-refractivity contribution in [2.24, 2.45) is 0 Å². The second kappa shape index (κ2) is 18.2. The molecule has 0 aromatic carbocycles. The zero-order chi connectivity index (χ0) is 0. The number of rotatable bonds is 0. The summed E-state index contributed by atoms with van der Waals surface area (Å²) in [6.45, 7) is 0. The van der Waals surface area contributed by atoms with Gasteiger partial charge in [-0.2, -0.15) is 0 Å². The first-order chi connectivity index (χ1) is 0. The summed E-state index contributed by atoms with van der Waals surface area (Å²) in [6, 6.07) is 0. The molecule has 0 amide bonds. The molecule has 4 heteroatoms. The summed E-state index contributed by atoms with van der Waals surface area (Å²) in [6.07, 6.45) is 0. The van der Waals surface area contributed by atoms with Crippen molar-refractivity contribution in [3.63, 3.8) is 0 Å². The van der Waals surface area contributed by atoms with E-state index in [4.69, 9.17) is 0 Å². The Kier molecular flexibility index (Phi) is 148. The smallest absolute Gasteiger partial charge is 1.00 e. The fraction of sp³-hybridized carbons (Fsp3) is 0. The van der Waals surface area contributed by atoms with Crippen LogP contribution >= 0.6 is 0 Å². The van der Waals surface area contributed by atoms with Crippen molar-refractivity contribution in [2.75, 3.05) is 0 Å². The Morgan fingerprint density at radius 3 is 1.25 bits per heavy atom. The summed E-state index contributed by atoms with van der Waals surface area (Å²) < 4.78 is 0. The molecule has 22 valence electrons. The first-order valence-corrected chi connectivity index (χ1v) is 0. The molecule has 0 aromatic heterocycles. The Bertz CT molecular complexity index is 14.9. The molecule has 0 atom stereocenters. The maximum absolute atomic E-state index is 0. The van der Waals surface area contributed by atoms with Crippen LogP contribution in [0.3, 0.4) is 0 Å². The van der Waals surface area contributed by atoms with Gasteiger partial charge in [-0.05, 0) is 0 Å². The predicted molar refractivity (Wildman–Crippen MR) is 19.0 cm³/mol. The number of hydrogen-bond donors (Lipinski definition) is 0. The van der Waals surface area contributed by atoms with Crippen LogP contribution in [0.5, 0.6) is 0 Å². The van der Waals surface area contributed by atoms with Crippen LogP contribution in [0.1, 0.15) is 4.28 Å². The third-order valence-electron chi connectivity index (χ3n) is 0. The van der Waals surface area contributed by atoms with Crippen molar-refractivity contribution < 1.29 is 39.6 Å². The van der Waals surface area contributed by atoms with Crippen molar-refractivity contribution in [3.05, 3.63) is 0 Å². The average Bonchev–Trinajstić information content (AvgIpc) is 0. The third-order valence-corrected chi connectivity index (χ3v) is 0. The molecule has 0 nitrogen and oxygen atoms in total. The van der Waals surface area contributed by atoms with Crippen molar-refractivity contribution in [1.29, 1.82) is 0 Å². The van der Waals surface area contributed by atoms with Gasteiger partial charge in [-0.15, -0.1) is 0 Å². The van der Waals surface area contributed by atoms with Gasteiger partial charge in [0.2, 0.25) is 0 Å². The van der Waals surface area contributed by atoms with E-state index in [0.29, 0.717) is 0 Å². The molecule has 0 aliphatic heterocycles.